The summed E-state index contributed by atoms with van der Waals surface area (Å²) < 4.78 is 5.08. The van der Waals surface area contributed by atoms with Gasteiger partial charge < -0.3 is 9.84 Å². The number of hydrogen-bond donors (Lipinski definition) is 1. The summed E-state index contributed by atoms with van der Waals surface area (Å²) in [4.78, 5) is 0. The van der Waals surface area contributed by atoms with Crippen molar-refractivity contribution in [3.05, 3.63) is 41.5 Å². The van der Waals surface area contributed by atoms with Gasteiger partial charge in [0.05, 0.1) is 7.11 Å². The van der Waals surface area contributed by atoms with Gasteiger partial charge in [0.2, 0.25) is 0 Å². The van der Waals surface area contributed by atoms with Crippen molar-refractivity contribution in [2.24, 2.45) is 0 Å². The number of rotatable bonds is 5. The second kappa shape index (κ2) is 6.25. The first kappa shape index (κ1) is 11.8. The van der Waals surface area contributed by atoms with Gasteiger partial charge in [0.1, 0.15) is 5.75 Å². The lowest BCUT2D eigenvalue weighted by molar-refractivity contribution is 0.299. The number of allylic oxidation sites excluding steroid dienone is 1. The van der Waals surface area contributed by atoms with E-state index in [0.717, 1.165) is 18.6 Å². The predicted octanol–water partition coefficient (Wildman–Crippen LogP) is 2.57. The summed E-state index contributed by atoms with van der Waals surface area (Å²) >= 11 is 0. The maximum Gasteiger partial charge on any atom is 0.118 e. The molecular weight excluding hydrogens is 188 g/mol. The molecular formula is C13H18O2. The maximum atomic E-state index is 8.74. The van der Waals surface area contributed by atoms with Gasteiger partial charge in [-0.25, -0.2) is 0 Å². The molecule has 0 amide bonds. The van der Waals surface area contributed by atoms with Crippen molar-refractivity contribution in [1.29, 1.82) is 0 Å². The van der Waals surface area contributed by atoms with Crippen LogP contribution < -0.4 is 4.74 Å². The van der Waals surface area contributed by atoms with E-state index in [4.69, 9.17) is 9.84 Å². The van der Waals surface area contributed by atoms with Crippen LogP contribution in [0.15, 0.2) is 35.9 Å². The van der Waals surface area contributed by atoms with Gasteiger partial charge in [-0.3, -0.25) is 0 Å². The minimum atomic E-state index is 0.227. The van der Waals surface area contributed by atoms with Crippen molar-refractivity contribution in [1.82, 2.24) is 0 Å². The van der Waals surface area contributed by atoms with E-state index in [1.54, 1.807) is 7.11 Å². The molecule has 0 saturated heterocycles. The second-order valence-corrected chi connectivity index (χ2v) is 3.58. The van der Waals surface area contributed by atoms with Crippen LogP contribution in [-0.4, -0.2) is 18.8 Å². The van der Waals surface area contributed by atoms with E-state index in [1.807, 2.05) is 19.1 Å². The standard InChI is InChI=1S/C13H18O2/c1-11(9-10-14)3-4-12-5-7-13(15-2)8-6-12/h3,5-8,14H,4,9-10H2,1-2H3/b11-3-. The summed E-state index contributed by atoms with van der Waals surface area (Å²) in [6.45, 7) is 2.27. The van der Waals surface area contributed by atoms with Gasteiger partial charge in [0.15, 0.2) is 0 Å². The van der Waals surface area contributed by atoms with Crippen LogP contribution in [-0.2, 0) is 6.42 Å². The third kappa shape index (κ3) is 4.17. The number of aliphatic hydroxyl groups excluding tert-OH is 1. The molecule has 1 rings (SSSR count). The molecule has 1 aromatic rings. The maximum absolute atomic E-state index is 8.74. The fourth-order valence-electron chi connectivity index (χ4n) is 1.33. The van der Waals surface area contributed by atoms with Gasteiger partial charge in [0, 0.05) is 6.61 Å². The van der Waals surface area contributed by atoms with Gasteiger partial charge in [-0.15, -0.1) is 0 Å². The van der Waals surface area contributed by atoms with Crippen molar-refractivity contribution >= 4 is 0 Å². The highest BCUT2D eigenvalue weighted by atomic mass is 16.5. The Hall–Kier alpha value is -1.28. The molecule has 0 radical (unpaired) electrons. The quantitative estimate of drug-likeness (QED) is 0.750. The van der Waals surface area contributed by atoms with E-state index in [0.29, 0.717) is 0 Å². The molecule has 0 fully saturated rings. The molecule has 0 atom stereocenters. The zero-order chi connectivity index (χ0) is 11.1. The Morgan fingerprint density at radius 3 is 2.53 bits per heavy atom. The van der Waals surface area contributed by atoms with Crippen LogP contribution >= 0.6 is 0 Å². The van der Waals surface area contributed by atoms with Crippen molar-refractivity contribution in [3.63, 3.8) is 0 Å². The fourth-order valence-corrected chi connectivity index (χ4v) is 1.33. The molecule has 0 heterocycles. The smallest absolute Gasteiger partial charge is 0.118 e. The van der Waals surface area contributed by atoms with Crippen molar-refractivity contribution in [3.8, 4) is 5.75 Å². The average Bonchev–Trinajstić information content (AvgIpc) is 2.27. The first-order valence-corrected chi connectivity index (χ1v) is 5.15. The summed E-state index contributed by atoms with van der Waals surface area (Å²) in [7, 11) is 1.67. The summed E-state index contributed by atoms with van der Waals surface area (Å²) in [5, 5.41) is 8.74. The highest BCUT2D eigenvalue weighted by Gasteiger charge is 1.93. The Morgan fingerprint density at radius 2 is 2.00 bits per heavy atom. The van der Waals surface area contributed by atoms with Gasteiger partial charge in [-0.05, 0) is 37.5 Å². The Bertz CT molecular complexity index is 312. The molecule has 0 aliphatic rings. The number of aliphatic hydroxyl groups is 1. The first-order chi connectivity index (χ1) is 7.26. The second-order valence-electron chi connectivity index (χ2n) is 3.58. The van der Waals surface area contributed by atoms with Gasteiger partial charge in [0.25, 0.3) is 0 Å². The van der Waals surface area contributed by atoms with Crippen LogP contribution in [0.4, 0.5) is 0 Å². The average molecular weight is 206 g/mol. The summed E-state index contributed by atoms with van der Waals surface area (Å²) in [5.41, 5.74) is 2.49. The molecule has 0 unspecified atom stereocenters. The van der Waals surface area contributed by atoms with Gasteiger partial charge in [-0.2, -0.15) is 0 Å². The van der Waals surface area contributed by atoms with E-state index in [-0.39, 0.29) is 6.61 Å². The molecule has 2 heteroatoms. The van der Waals surface area contributed by atoms with Crippen LogP contribution in [0, 0.1) is 0 Å². The molecule has 0 aliphatic carbocycles. The molecule has 0 aliphatic heterocycles. The monoisotopic (exact) mass is 206 g/mol. The van der Waals surface area contributed by atoms with Crippen molar-refractivity contribution in [2.75, 3.05) is 13.7 Å². The normalized spacial score (nSPS) is 11.5. The van der Waals surface area contributed by atoms with Crippen molar-refractivity contribution < 1.29 is 9.84 Å². The van der Waals surface area contributed by atoms with Gasteiger partial charge >= 0.3 is 0 Å². The third-order valence-corrected chi connectivity index (χ3v) is 2.35. The Labute approximate surface area is 91.2 Å². The lowest BCUT2D eigenvalue weighted by Gasteiger charge is -2.02. The summed E-state index contributed by atoms with van der Waals surface area (Å²) in [6.07, 6.45) is 3.82. The molecule has 0 aromatic heterocycles. The summed E-state index contributed by atoms with van der Waals surface area (Å²) in [6, 6.07) is 8.04. The van der Waals surface area contributed by atoms with Gasteiger partial charge in [-0.1, -0.05) is 23.8 Å². The van der Waals surface area contributed by atoms with Crippen LogP contribution in [0.2, 0.25) is 0 Å². The minimum absolute atomic E-state index is 0.227. The Kier molecular flexibility index (Phi) is 4.91. The number of hydrogen-bond acceptors (Lipinski definition) is 2. The molecule has 1 N–H and O–H groups in total. The first-order valence-electron chi connectivity index (χ1n) is 5.15. The van der Waals surface area contributed by atoms with E-state index < -0.39 is 0 Å². The predicted molar refractivity (Wildman–Crippen MR) is 62.2 cm³/mol. The molecule has 0 spiro atoms. The number of methoxy groups -OCH3 is 1. The Morgan fingerprint density at radius 1 is 1.33 bits per heavy atom. The SMILES string of the molecule is COc1ccc(C/C=C(/C)CCO)cc1. The zero-order valence-corrected chi connectivity index (χ0v) is 9.36. The molecule has 15 heavy (non-hydrogen) atoms. The fraction of sp³-hybridized carbons (Fsp3) is 0.385. The van der Waals surface area contributed by atoms with E-state index in [1.165, 1.54) is 11.1 Å². The van der Waals surface area contributed by atoms with Crippen LogP contribution in [0.5, 0.6) is 5.75 Å². The van der Waals surface area contributed by atoms with Crippen LogP contribution in [0.3, 0.4) is 0 Å². The molecule has 0 bridgehead atoms. The molecule has 0 saturated carbocycles. The van der Waals surface area contributed by atoms with Crippen LogP contribution in [0.1, 0.15) is 18.9 Å². The van der Waals surface area contributed by atoms with Crippen LogP contribution in [0.25, 0.3) is 0 Å². The molecule has 82 valence electrons. The molecule has 2 nitrogen and oxygen atoms in total. The molecule has 1 aromatic carbocycles. The topological polar surface area (TPSA) is 29.5 Å². The Balaban J connectivity index is 2.54. The number of ether oxygens (including phenoxy) is 1. The van der Waals surface area contributed by atoms with E-state index >= 15 is 0 Å². The minimum Gasteiger partial charge on any atom is -0.497 e. The van der Waals surface area contributed by atoms with E-state index in [2.05, 4.69) is 18.2 Å². The van der Waals surface area contributed by atoms with Crippen molar-refractivity contribution in [2.45, 2.75) is 19.8 Å². The highest BCUT2D eigenvalue weighted by molar-refractivity contribution is 5.28. The lowest BCUT2D eigenvalue weighted by atomic mass is 10.1. The number of benzene rings is 1. The zero-order valence-electron chi connectivity index (χ0n) is 9.36. The lowest BCUT2D eigenvalue weighted by Crippen LogP contribution is -1.87. The largest absolute Gasteiger partial charge is 0.497 e. The highest BCUT2D eigenvalue weighted by Crippen LogP contribution is 2.12. The van der Waals surface area contributed by atoms with E-state index in [9.17, 15) is 0 Å². The third-order valence-electron chi connectivity index (χ3n) is 2.35. The summed E-state index contributed by atoms with van der Waals surface area (Å²) in [5.74, 6) is 0.884.